The smallest absolute Gasteiger partial charge is 0.258 e. The average molecular weight is 343 g/mol. The Morgan fingerprint density at radius 1 is 1.27 bits per heavy atom. The molecule has 0 amide bonds. The lowest BCUT2D eigenvalue weighted by molar-refractivity contribution is 0.543. The minimum Gasteiger partial charge on any atom is -0.309 e. The monoisotopic (exact) mass is 342 g/mol. The summed E-state index contributed by atoms with van der Waals surface area (Å²) in [6.07, 6.45) is 1.50. The predicted octanol–water partition coefficient (Wildman–Crippen LogP) is 1.41. The van der Waals surface area contributed by atoms with Crippen LogP contribution in [-0.4, -0.2) is 18.2 Å². The standard InChI is InChI=1S/C14H18N4O2S.ClH/c1-2-18-14(5-6-16-18)21(19,20)17-8-11-3-4-12-9-15-10-13(12)7-11;/h3-7,15,17H,2,8-10H2,1H3;1H. The molecule has 22 heavy (non-hydrogen) atoms. The molecular weight excluding hydrogens is 324 g/mol. The molecule has 0 saturated heterocycles. The Kier molecular flexibility index (Phi) is 5.23. The minimum absolute atomic E-state index is 0. The lowest BCUT2D eigenvalue weighted by atomic mass is 10.1. The molecule has 6 nitrogen and oxygen atoms in total. The van der Waals surface area contributed by atoms with Crippen molar-refractivity contribution in [3.63, 3.8) is 0 Å². The first kappa shape index (κ1) is 17.0. The number of nitrogens with one attached hydrogen (secondary N) is 2. The number of nitrogens with zero attached hydrogens (tertiary/aromatic N) is 2. The summed E-state index contributed by atoms with van der Waals surface area (Å²) in [6, 6.07) is 7.58. The molecular formula is C14H19ClN4O2S. The van der Waals surface area contributed by atoms with Gasteiger partial charge in [-0.05, 0) is 29.7 Å². The fourth-order valence-electron chi connectivity index (χ4n) is 2.50. The van der Waals surface area contributed by atoms with Crippen LogP contribution < -0.4 is 10.0 Å². The fraction of sp³-hybridized carbons (Fsp3) is 0.357. The molecule has 3 rings (SSSR count). The number of halogens is 1. The van der Waals surface area contributed by atoms with Gasteiger partial charge in [-0.3, -0.25) is 4.68 Å². The van der Waals surface area contributed by atoms with Crippen LogP contribution in [0.25, 0.3) is 0 Å². The van der Waals surface area contributed by atoms with Crippen molar-refractivity contribution in [2.75, 3.05) is 0 Å². The normalized spacial score (nSPS) is 13.7. The van der Waals surface area contributed by atoms with Crippen molar-refractivity contribution in [1.82, 2.24) is 19.8 Å². The fourth-order valence-corrected chi connectivity index (χ4v) is 3.69. The zero-order valence-electron chi connectivity index (χ0n) is 12.2. The number of rotatable bonds is 5. The molecule has 2 heterocycles. The van der Waals surface area contributed by atoms with E-state index in [1.807, 2.05) is 13.0 Å². The third-order valence-electron chi connectivity index (χ3n) is 3.62. The molecule has 8 heteroatoms. The van der Waals surface area contributed by atoms with Crippen LogP contribution >= 0.6 is 12.4 Å². The van der Waals surface area contributed by atoms with E-state index in [-0.39, 0.29) is 24.0 Å². The number of fused-ring (bicyclic) bond motifs is 1. The van der Waals surface area contributed by atoms with Gasteiger partial charge in [-0.2, -0.15) is 5.10 Å². The van der Waals surface area contributed by atoms with Crippen molar-refractivity contribution in [2.45, 2.75) is 38.1 Å². The van der Waals surface area contributed by atoms with E-state index in [1.165, 1.54) is 28.1 Å². The molecule has 0 unspecified atom stereocenters. The van der Waals surface area contributed by atoms with Crippen molar-refractivity contribution in [2.24, 2.45) is 0 Å². The van der Waals surface area contributed by atoms with Crippen molar-refractivity contribution in [3.05, 3.63) is 47.2 Å². The SMILES string of the molecule is CCn1nccc1S(=O)(=O)NCc1ccc2c(c1)CNC2.Cl. The van der Waals surface area contributed by atoms with E-state index in [9.17, 15) is 8.42 Å². The van der Waals surface area contributed by atoms with E-state index < -0.39 is 10.0 Å². The van der Waals surface area contributed by atoms with E-state index in [2.05, 4.69) is 27.3 Å². The van der Waals surface area contributed by atoms with E-state index in [0.717, 1.165) is 18.7 Å². The van der Waals surface area contributed by atoms with E-state index >= 15 is 0 Å². The van der Waals surface area contributed by atoms with Gasteiger partial charge in [0.2, 0.25) is 0 Å². The maximum absolute atomic E-state index is 12.3. The lowest BCUT2D eigenvalue weighted by Gasteiger charge is -2.09. The Hall–Kier alpha value is -1.41. The molecule has 2 N–H and O–H groups in total. The zero-order chi connectivity index (χ0) is 14.9. The summed E-state index contributed by atoms with van der Waals surface area (Å²) in [4.78, 5) is 0. The van der Waals surface area contributed by atoms with Crippen LogP contribution in [0.15, 0.2) is 35.5 Å². The second-order valence-electron chi connectivity index (χ2n) is 5.02. The Morgan fingerprint density at radius 2 is 2.05 bits per heavy atom. The molecule has 0 aliphatic carbocycles. The number of sulfonamides is 1. The molecule has 1 aromatic carbocycles. The van der Waals surface area contributed by atoms with Crippen LogP contribution in [0, 0.1) is 0 Å². The first-order valence-corrected chi connectivity index (χ1v) is 8.41. The first-order valence-electron chi connectivity index (χ1n) is 6.93. The van der Waals surface area contributed by atoms with Crippen LogP contribution in [0.5, 0.6) is 0 Å². The molecule has 0 atom stereocenters. The Balaban J connectivity index is 0.00000176. The summed E-state index contributed by atoms with van der Waals surface area (Å²) in [6.45, 7) is 4.40. The maximum Gasteiger partial charge on any atom is 0.258 e. The lowest BCUT2D eigenvalue weighted by Crippen LogP contribution is -2.25. The summed E-state index contributed by atoms with van der Waals surface area (Å²) in [5.74, 6) is 0. The molecule has 1 aliphatic rings. The second-order valence-corrected chi connectivity index (χ2v) is 6.73. The van der Waals surface area contributed by atoms with Crippen molar-refractivity contribution >= 4 is 22.4 Å². The number of hydrogen-bond donors (Lipinski definition) is 2. The average Bonchev–Trinajstić information content (AvgIpc) is 3.13. The van der Waals surface area contributed by atoms with Gasteiger partial charge in [-0.1, -0.05) is 18.2 Å². The van der Waals surface area contributed by atoms with Crippen molar-refractivity contribution < 1.29 is 8.42 Å². The summed E-state index contributed by atoms with van der Waals surface area (Å²) in [7, 11) is -3.54. The van der Waals surface area contributed by atoms with Crippen LogP contribution in [0.4, 0.5) is 0 Å². The van der Waals surface area contributed by atoms with Crippen LogP contribution in [0.3, 0.4) is 0 Å². The van der Waals surface area contributed by atoms with E-state index in [4.69, 9.17) is 0 Å². The molecule has 1 aromatic heterocycles. The second kappa shape index (κ2) is 6.78. The van der Waals surface area contributed by atoms with Gasteiger partial charge in [0, 0.05) is 26.2 Å². The van der Waals surface area contributed by atoms with Gasteiger partial charge in [0.15, 0.2) is 5.03 Å². The molecule has 0 saturated carbocycles. The first-order chi connectivity index (χ1) is 10.1. The third-order valence-corrected chi connectivity index (χ3v) is 5.04. The highest BCUT2D eigenvalue weighted by molar-refractivity contribution is 7.89. The van der Waals surface area contributed by atoms with Gasteiger partial charge in [-0.15, -0.1) is 12.4 Å². The molecule has 2 aromatic rings. The molecule has 1 aliphatic heterocycles. The predicted molar refractivity (Wildman–Crippen MR) is 86.2 cm³/mol. The van der Waals surface area contributed by atoms with Gasteiger partial charge in [-0.25, -0.2) is 13.1 Å². The minimum atomic E-state index is -3.54. The molecule has 0 radical (unpaired) electrons. The summed E-state index contributed by atoms with van der Waals surface area (Å²) < 4.78 is 28.7. The van der Waals surface area contributed by atoms with Crippen molar-refractivity contribution in [3.8, 4) is 0 Å². The van der Waals surface area contributed by atoms with Crippen LogP contribution in [-0.2, 0) is 36.2 Å². The Bertz CT molecular complexity index is 758. The zero-order valence-corrected chi connectivity index (χ0v) is 13.9. The van der Waals surface area contributed by atoms with Crippen LogP contribution in [0.2, 0.25) is 0 Å². The highest BCUT2D eigenvalue weighted by Crippen LogP contribution is 2.17. The summed E-state index contributed by atoms with van der Waals surface area (Å²) >= 11 is 0. The molecule has 0 bridgehead atoms. The molecule has 120 valence electrons. The highest BCUT2D eigenvalue weighted by Gasteiger charge is 2.19. The van der Waals surface area contributed by atoms with Crippen LogP contribution in [0.1, 0.15) is 23.6 Å². The van der Waals surface area contributed by atoms with E-state index in [0.29, 0.717) is 6.54 Å². The van der Waals surface area contributed by atoms with Gasteiger partial charge < -0.3 is 5.32 Å². The Morgan fingerprint density at radius 3 is 2.82 bits per heavy atom. The summed E-state index contributed by atoms with van der Waals surface area (Å²) in [5.41, 5.74) is 3.49. The van der Waals surface area contributed by atoms with E-state index in [1.54, 1.807) is 0 Å². The number of aromatic nitrogens is 2. The highest BCUT2D eigenvalue weighted by atomic mass is 35.5. The Labute approximate surface area is 136 Å². The number of benzene rings is 1. The number of hydrogen-bond acceptors (Lipinski definition) is 4. The largest absolute Gasteiger partial charge is 0.309 e. The quantitative estimate of drug-likeness (QED) is 0.861. The summed E-state index contributed by atoms with van der Waals surface area (Å²) in [5, 5.41) is 7.47. The van der Waals surface area contributed by atoms with Gasteiger partial charge >= 0.3 is 0 Å². The van der Waals surface area contributed by atoms with Gasteiger partial charge in [0.05, 0.1) is 6.20 Å². The topological polar surface area (TPSA) is 76.0 Å². The van der Waals surface area contributed by atoms with Gasteiger partial charge in [0.1, 0.15) is 0 Å². The van der Waals surface area contributed by atoms with Gasteiger partial charge in [0.25, 0.3) is 10.0 Å². The van der Waals surface area contributed by atoms with Crippen molar-refractivity contribution in [1.29, 1.82) is 0 Å². The molecule has 0 fully saturated rings. The third kappa shape index (κ3) is 3.33. The number of aryl methyl sites for hydroxylation is 1. The maximum atomic E-state index is 12.3. The molecule has 0 spiro atoms.